The third-order valence-corrected chi connectivity index (χ3v) is 4.41. The van der Waals surface area contributed by atoms with Crippen LogP contribution in [0, 0.1) is 10.1 Å². The number of thiocarbonyl (C=S) groups is 1. The highest BCUT2D eigenvalue weighted by molar-refractivity contribution is 7.80. The van der Waals surface area contributed by atoms with Crippen LogP contribution in [0.15, 0.2) is 48.2 Å². The molecular formula is C16H9Cl2N3O3S. The summed E-state index contributed by atoms with van der Waals surface area (Å²) in [6.07, 6.45) is 1.42. The number of nitrogens with zero attached hydrogens (tertiary/aromatic N) is 2. The molecule has 2 aromatic carbocycles. The number of non-ortho nitro benzene ring substituents is 1. The Balaban J connectivity index is 2.00. The molecular weight excluding hydrogens is 385 g/mol. The van der Waals surface area contributed by atoms with Gasteiger partial charge in [-0.3, -0.25) is 19.8 Å². The molecule has 0 bridgehead atoms. The van der Waals surface area contributed by atoms with Crippen molar-refractivity contribution in [3.8, 4) is 0 Å². The van der Waals surface area contributed by atoms with Crippen LogP contribution in [0.2, 0.25) is 10.0 Å². The Morgan fingerprint density at radius 2 is 1.88 bits per heavy atom. The number of hydrogen-bond donors (Lipinski definition) is 1. The number of benzene rings is 2. The van der Waals surface area contributed by atoms with E-state index >= 15 is 0 Å². The van der Waals surface area contributed by atoms with Gasteiger partial charge >= 0.3 is 0 Å². The van der Waals surface area contributed by atoms with Gasteiger partial charge < -0.3 is 5.32 Å². The van der Waals surface area contributed by atoms with E-state index in [4.69, 9.17) is 35.4 Å². The summed E-state index contributed by atoms with van der Waals surface area (Å²) in [5, 5.41) is 14.5. The summed E-state index contributed by atoms with van der Waals surface area (Å²) in [5.41, 5.74) is 0.787. The minimum Gasteiger partial charge on any atom is -0.327 e. The predicted molar refractivity (Wildman–Crippen MR) is 101 cm³/mol. The van der Waals surface area contributed by atoms with Gasteiger partial charge in [-0.05, 0) is 36.5 Å². The van der Waals surface area contributed by atoms with Crippen LogP contribution in [0.3, 0.4) is 0 Å². The molecule has 0 spiro atoms. The number of amides is 1. The molecule has 6 nitrogen and oxygen atoms in total. The van der Waals surface area contributed by atoms with Crippen molar-refractivity contribution in [3.63, 3.8) is 0 Å². The number of nitro benzene ring substituents is 1. The monoisotopic (exact) mass is 393 g/mol. The van der Waals surface area contributed by atoms with Crippen LogP contribution in [-0.2, 0) is 4.79 Å². The van der Waals surface area contributed by atoms with Gasteiger partial charge in [0.2, 0.25) is 0 Å². The molecule has 0 aromatic heterocycles. The Hall–Kier alpha value is -2.48. The van der Waals surface area contributed by atoms with Crippen LogP contribution in [0.5, 0.6) is 0 Å². The lowest BCUT2D eigenvalue weighted by Crippen LogP contribution is -2.30. The molecule has 126 valence electrons. The molecule has 2 aromatic rings. The molecule has 1 aliphatic rings. The third-order valence-electron chi connectivity index (χ3n) is 3.46. The fourth-order valence-electron chi connectivity index (χ4n) is 2.30. The van der Waals surface area contributed by atoms with Gasteiger partial charge in [0, 0.05) is 22.7 Å². The van der Waals surface area contributed by atoms with Gasteiger partial charge in [-0.2, -0.15) is 0 Å². The number of nitrogens with one attached hydrogen (secondary N) is 1. The van der Waals surface area contributed by atoms with Gasteiger partial charge in [0.1, 0.15) is 5.70 Å². The average Bonchev–Trinajstić information content (AvgIpc) is 2.84. The zero-order chi connectivity index (χ0) is 18.1. The topological polar surface area (TPSA) is 75.5 Å². The van der Waals surface area contributed by atoms with Gasteiger partial charge in [0.05, 0.1) is 15.6 Å². The first kappa shape index (κ1) is 17.3. The van der Waals surface area contributed by atoms with Crippen molar-refractivity contribution in [3.05, 3.63) is 73.9 Å². The maximum Gasteiger partial charge on any atom is 0.281 e. The van der Waals surface area contributed by atoms with Gasteiger partial charge in [0.15, 0.2) is 5.11 Å². The quantitative estimate of drug-likeness (QED) is 0.366. The molecule has 0 atom stereocenters. The number of para-hydroxylation sites is 1. The molecule has 1 fully saturated rings. The molecule has 0 aliphatic carbocycles. The van der Waals surface area contributed by atoms with Crippen LogP contribution in [0.1, 0.15) is 5.56 Å². The van der Waals surface area contributed by atoms with Crippen molar-refractivity contribution in [1.29, 1.82) is 0 Å². The van der Waals surface area contributed by atoms with Gasteiger partial charge in [-0.15, -0.1) is 0 Å². The van der Waals surface area contributed by atoms with Crippen LogP contribution in [0.4, 0.5) is 11.4 Å². The van der Waals surface area contributed by atoms with Crippen molar-refractivity contribution >= 4 is 63.9 Å². The highest BCUT2D eigenvalue weighted by Crippen LogP contribution is 2.30. The molecule has 1 N–H and O–H groups in total. The zero-order valence-electron chi connectivity index (χ0n) is 12.4. The summed E-state index contributed by atoms with van der Waals surface area (Å²) in [6.45, 7) is 0. The lowest BCUT2D eigenvalue weighted by molar-refractivity contribution is -0.384. The molecule has 1 aliphatic heterocycles. The number of nitro groups is 1. The van der Waals surface area contributed by atoms with E-state index in [9.17, 15) is 14.9 Å². The minimum absolute atomic E-state index is 0.132. The minimum atomic E-state index is -0.539. The fraction of sp³-hybridized carbons (Fsp3) is 0. The number of rotatable bonds is 3. The molecule has 25 heavy (non-hydrogen) atoms. The SMILES string of the molecule is O=C1/C(=C/c2cc([N+](=O)[O-])ccc2Cl)NC(=S)N1c1ccccc1Cl. The van der Waals surface area contributed by atoms with E-state index in [1.165, 1.54) is 29.2 Å². The van der Waals surface area contributed by atoms with Crippen LogP contribution < -0.4 is 10.2 Å². The molecule has 3 rings (SSSR count). The van der Waals surface area contributed by atoms with E-state index in [1.54, 1.807) is 24.3 Å². The molecule has 1 heterocycles. The summed E-state index contributed by atoms with van der Waals surface area (Å²) in [5.74, 6) is -0.430. The highest BCUT2D eigenvalue weighted by atomic mass is 35.5. The summed E-state index contributed by atoms with van der Waals surface area (Å²) in [7, 11) is 0. The second-order valence-corrected chi connectivity index (χ2v) is 6.24. The van der Waals surface area contributed by atoms with Crippen molar-refractivity contribution in [2.45, 2.75) is 0 Å². The van der Waals surface area contributed by atoms with E-state index in [2.05, 4.69) is 5.32 Å². The number of carbonyl (C=O) groups excluding carboxylic acids is 1. The Morgan fingerprint density at radius 3 is 2.56 bits per heavy atom. The Bertz CT molecular complexity index is 946. The number of hydrogen-bond acceptors (Lipinski definition) is 4. The van der Waals surface area contributed by atoms with E-state index < -0.39 is 10.8 Å². The number of anilines is 1. The first-order chi connectivity index (χ1) is 11.9. The Labute approximate surface area is 157 Å². The Kier molecular flexibility index (Phi) is 4.71. The molecule has 1 amide bonds. The summed E-state index contributed by atoms with van der Waals surface area (Å²) in [4.78, 5) is 24.3. The first-order valence-corrected chi connectivity index (χ1v) is 8.10. The summed E-state index contributed by atoms with van der Waals surface area (Å²) in [6, 6.07) is 10.7. The predicted octanol–water partition coefficient (Wildman–Crippen LogP) is 4.16. The lowest BCUT2D eigenvalue weighted by atomic mass is 10.1. The molecule has 9 heteroatoms. The maximum absolute atomic E-state index is 12.7. The van der Waals surface area contributed by atoms with Crippen molar-refractivity contribution in [2.75, 3.05) is 4.90 Å². The number of carbonyl (C=O) groups is 1. The van der Waals surface area contributed by atoms with Crippen LogP contribution in [-0.4, -0.2) is 15.9 Å². The van der Waals surface area contributed by atoms with Crippen molar-refractivity contribution in [2.24, 2.45) is 0 Å². The Morgan fingerprint density at radius 1 is 1.16 bits per heavy atom. The molecule has 1 saturated heterocycles. The van der Waals surface area contributed by atoms with Gasteiger partial charge in [-0.25, -0.2) is 0 Å². The van der Waals surface area contributed by atoms with Crippen LogP contribution in [0.25, 0.3) is 6.08 Å². The third kappa shape index (κ3) is 3.34. The molecule has 0 radical (unpaired) electrons. The van der Waals surface area contributed by atoms with Crippen molar-refractivity contribution in [1.82, 2.24) is 5.32 Å². The largest absolute Gasteiger partial charge is 0.327 e. The second kappa shape index (κ2) is 6.79. The molecule has 0 saturated carbocycles. The summed E-state index contributed by atoms with van der Waals surface area (Å²) >= 11 is 17.4. The lowest BCUT2D eigenvalue weighted by Gasteiger charge is -2.15. The highest BCUT2D eigenvalue weighted by Gasteiger charge is 2.33. The smallest absolute Gasteiger partial charge is 0.281 e. The maximum atomic E-state index is 12.7. The van der Waals surface area contributed by atoms with E-state index in [0.717, 1.165) is 0 Å². The fourth-order valence-corrected chi connectivity index (χ4v) is 2.98. The average molecular weight is 394 g/mol. The van der Waals surface area contributed by atoms with Gasteiger partial charge in [-0.1, -0.05) is 35.3 Å². The standard InChI is InChI=1S/C16H9Cl2N3O3S/c17-11-6-5-10(21(23)24)7-9(11)8-13-15(22)20(16(25)19-13)14-4-2-1-3-12(14)18/h1-8H,(H,19,25)/b13-8-. The zero-order valence-corrected chi connectivity index (χ0v) is 14.7. The first-order valence-electron chi connectivity index (χ1n) is 6.94. The van der Waals surface area contributed by atoms with E-state index in [0.29, 0.717) is 16.3 Å². The number of halogens is 2. The van der Waals surface area contributed by atoms with E-state index in [-0.39, 0.29) is 21.5 Å². The van der Waals surface area contributed by atoms with Gasteiger partial charge in [0.25, 0.3) is 11.6 Å². The van der Waals surface area contributed by atoms with Crippen LogP contribution >= 0.6 is 35.4 Å². The normalized spacial score (nSPS) is 15.6. The second-order valence-electron chi connectivity index (χ2n) is 5.04. The van der Waals surface area contributed by atoms with Crippen molar-refractivity contribution < 1.29 is 9.72 Å². The summed E-state index contributed by atoms with van der Waals surface area (Å²) < 4.78 is 0. The van der Waals surface area contributed by atoms with E-state index in [1.807, 2.05) is 0 Å². The molecule has 0 unspecified atom stereocenters.